The number of ether oxygens (including phenoxy) is 1. The first-order valence-electron chi connectivity index (χ1n) is 9.91. The third kappa shape index (κ3) is 4.69. The van der Waals surface area contributed by atoms with Gasteiger partial charge in [0.05, 0.1) is 24.8 Å². The Balaban J connectivity index is 1.46. The Morgan fingerprint density at radius 2 is 2.00 bits per heavy atom. The molecule has 8 heteroatoms. The molecule has 1 saturated heterocycles. The van der Waals surface area contributed by atoms with Crippen LogP contribution in [0.4, 0.5) is 5.69 Å². The van der Waals surface area contributed by atoms with Crippen LogP contribution in [0.3, 0.4) is 0 Å². The quantitative estimate of drug-likeness (QED) is 0.570. The summed E-state index contributed by atoms with van der Waals surface area (Å²) in [5.41, 5.74) is 1.82. The first-order valence-corrected chi connectivity index (χ1v) is 10.8. The van der Waals surface area contributed by atoms with Gasteiger partial charge in [0.2, 0.25) is 5.91 Å². The molecule has 1 aliphatic rings. The summed E-state index contributed by atoms with van der Waals surface area (Å²) in [6.07, 6.45) is 1.55. The molecule has 1 aliphatic heterocycles. The second-order valence-electron chi connectivity index (χ2n) is 7.33. The van der Waals surface area contributed by atoms with Gasteiger partial charge in [-0.05, 0) is 42.6 Å². The Morgan fingerprint density at radius 3 is 2.68 bits per heavy atom. The van der Waals surface area contributed by atoms with Crippen LogP contribution in [0.25, 0.3) is 0 Å². The van der Waals surface area contributed by atoms with Gasteiger partial charge in [0.15, 0.2) is 6.61 Å². The summed E-state index contributed by atoms with van der Waals surface area (Å²) >= 11 is 1.48. The lowest BCUT2D eigenvalue weighted by molar-refractivity contribution is -0.153. The summed E-state index contributed by atoms with van der Waals surface area (Å²) in [5.74, 6) is -1.23. The van der Waals surface area contributed by atoms with Gasteiger partial charge in [0.25, 0.3) is 5.91 Å². The van der Waals surface area contributed by atoms with E-state index in [-0.39, 0.29) is 18.9 Å². The molecule has 7 nitrogen and oxygen atoms in total. The molecule has 0 unspecified atom stereocenters. The van der Waals surface area contributed by atoms with E-state index in [1.54, 1.807) is 17.0 Å². The van der Waals surface area contributed by atoms with Gasteiger partial charge >= 0.3 is 5.97 Å². The molecule has 3 heterocycles. The summed E-state index contributed by atoms with van der Waals surface area (Å²) in [6, 6.07) is 14.4. The van der Waals surface area contributed by atoms with Crippen LogP contribution in [0.2, 0.25) is 0 Å². The fourth-order valence-corrected chi connectivity index (χ4v) is 4.51. The number of aryl methyl sites for hydroxylation is 1. The molecule has 0 bridgehead atoms. The molecule has 2 aromatic heterocycles. The molecule has 3 aromatic rings. The molecular formula is C23H22N2O5S. The van der Waals surface area contributed by atoms with Crippen LogP contribution in [-0.4, -0.2) is 24.4 Å². The van der Waals surface area contributed by atoms with Crippen molar-refractivity contribution in [3.63, 3.8) is 0 Å². The Bertz CT molecular complexity index is 1040. The highest BCUT2D eigenvalue weighted by molar-refractivity contribution is 7.10. The largest absolute Gasteiger partial charge is 0.467 e. The average Bonchev–Trinajstić information content (AvgIpc) is 3.52. The van der Waals surface area contributed by atoms with Gasteiger partial charge in [0, 0.05) is 17.0 Å². The maximum atomic E-state index is 12.9. The molecule has 31 heavy (non-hydrogen) atoms. The van der Waals surface area contributed by atoms with E-state index in [9.17, 15) is 14.4 Å². The molecule has 2 atom stereocenters. The number of esters is 1. The van der Waals surface area contributed by atoms with Crippen molar-refractivity contribution >= 4 is 34.8 Å². The Labute approximate surface area is 183 Å². The van der Waals surface area contributed by atoms with E-state index in [1.807, 2.05) is 48.7 Å². The van der Waals surface area contributed by atoms with Crippen LogP contribution < -0.4 is 10.2 Å². The van der Waals surface area contributed by atoms with E-state index < -0.39 is 30.4 Å². The first kappa shape index (κ1) is 20.9. The fourth-order valence-electron chi connectivity index (χ4n) is 3.63. The van der Waals surface area contributed by atoms with Gasteiger partial charge in [-0.25, -0.2) is 0 Å². The number of hydrogen-bond acceptors (Lipinski definition) is 6. The van der Waals surface area contributed by atoms with Crippen LogP contribution >= 0.6 is 11.3 Å². The number of anilines is 1. The molecule has 0 aliphatic carbocycles. The molecule has 1 N–H and O–H groups in total. The monoisotopic (exact) mass is 438 g/mol. The van der Waals surface area contributed by atoms with E-state index in [4.69, 9.17) is 9.15 Å². The maximum Gasteiger partial charge on any atom is 0.312 e. The Morgan fingerprint density at radius 1 is 1.19 bits per heavy atom. The first-order chi connectivity index (χ1) is 15.0. The Kier molecular flexibility index (Phi) is 6.18. The number of nitrogens with zero attached hydrogens (tertiary/aromatic N) is 1. The van der Waals surface area contributed by atoms with Gasteiger partial charge < -0.3 is 19.4 Å². The van der Waals surface area contributed by atoms with Gasteiger partial charge in [-0.1, -0.05) is 23.8 Å². The molecule has 2 amide bonds. The zero-order valence-electron chi connectivity index (χ0n) is 16.9. The van der Waals surface area contributed by atoms with Crippen LogP contribution in [0, 0.1) is 12.8 Å². The van der Waals surface area contributed by atoms with Crippen molar-refractivity contribution in [1.82, 2.24) is 5.32 Å². The summed E-state index contributed by atoms with van der Waals surface area (Å²) in [6.45, 7) is 1.78. The maximum absolute atomic E-state index is 12.9. The number of nitrogens with one attached hydrogen (secondary N) is 1. The third-order valence-corrected chi connectivity index (χ3v) is 6.10. The van der Waals surface area contributed by atoms with Crippen molar-refractivity contribution in [2.45, 2.75) is 25.9 Å². The Hall–Kier alpha value is -3.39. The van der Waals surface area contributed by atoms with E-state index >= 15 is 0 Å². The fraction of sp³-hybridized carbons (Fsp3) is 0.261. The van der Waals surface area contributed by atoms with Gasteiger partial charge in [0.1, 0.15) is 5.76 Å². The number of carbonyl (C=O) groups is 3. The molecule has 0 spiro atoms. The van der Waals surface area contributed by atoms with Gasteiger partial charge in [-0.15, -0.1) is 11.3 Å². The summed E-state index contributed by atoms with van der Waals surface area (Å²) in [5, 5.41) is 4.55. The highest BCUT2D eigenvalue weighted by Crippen LogP contribution is 2.43. The molecule has 1 aromatic carbocycles. The number of thiophene rings is 1. The molecular weight excluding hydrogens is 416 g/mol. The van der Waals surface area contributed by atoms with Crippen LogP contribution in [0.5, 0.6) is 0 Å². The molecule has 1 fully saturated rings. The van der Waals surface area contributed by atoms with E-state index in [0.717, 1.165) is 16.1 Å². The molecule has 0 saturated carbocycles. The number of rotatable bonds is 7. The van der Waals surface area contributed by atoms with Crippen LogP contribution in [0.15, 0.2) is 64.6 Å². The minimum atomic E-state index is -0.690. The van der Waals surface area contributed by atoms with E-state index in [0.29, 0.717) is 5.76 Å². The van der Waals surface area contributed by atoms with Crippen molar-refractivity contribution in [1.29, 1.82) is 0 Å². The SMILES string of the molecule is Cc1ccc(N2C(=O)C[C@@H](C(=O)OCC(=O)NCc3ccco3)[C@H]2c2cccs2)cc1. The normalized spacial score (nSPS) is 18.2. The van der Waals surface area contributed by atoms with Gasteiger partial charge in [-0.3, -0.25) is 14.4 Å². The van der Waals surface area contributed by atoms with Crippen LogP contribution in [-0.2, 0) is 25.7 Å². The van der Waals surface area contributed by atoms with Crippen molar-refractivity contribution in [2.24, 2.45) is 5.92 Å². The van der Waals surface area contributed by atoms with E-state index in [1.165, 1.54) is 17.6 Å². The molecule has 160 valence electrons. The van der Waals surface area contributed by atoms with E-state index in [2.05, 4.69) is 5.32 Å². The zero-order chi connectivity index (χ0) is 21.8. The van der Waals surface area contributed by atoms with Crippen molar-refractivity contribution in [3.8, 4) is 0 Å². The minimum absolute atomic E-state index is 0.0310. The van der Waals surface area contributed by atoms with Crippen molar-refractivity contribution in [2.75, 3.05) is 11.5 Å². The molecule has 0 radical (unpaired) electrons. The third-order valence-electron chi connectivity index (χ3n) is 5.16. The lowest BCUT2D eigenvalue weighted by Crippen LogP contribution is -2.33. The van der Waals surface area contributed by atoms with Crippen molar-refractivity contribution < 1.29 is 23.5 Å². The smallest absolute Gasteiger partial charge is 0.312 e. The number of carbonyl (C=O) groups excluding carboxylic acids is 3. The molecule has 4 rings (SSSR count). The minimum Gasteiger partial charge on any atom is -0.467 e. The second-order valence-corrected chi connectivity index (χ2v) is 8.31. The van der Waals surface area contributed by atoms with Gasteiger partial charge in [-0.2, -0.15) is 0 Å². The number of hydrogen-bond donors (Lipinski definition) is 1. The topological polar surface area (TPSA) is 88.8 Å². The summed E-state index contributed by atoms with van der Waals surface area (Å²) < 4.78 is 10.4. The zero-order valence-corrected chi connectivity index (χ0v) is 17.8. The van der Waals surface area contributed by atoms with Crippen LogP contribution in [0.1, 0.15) is 28.7 Å². The average molecular weight is 439 g/mol. The highest BCUT2D eigenvalue weighted by Gasteiger charge is 2.46. The lowest BCUT2D eigenvalue weighted by Gasteiger charge is -2.27. The highest BCUT2D eigenvalue weighted by atomic mass is 32.1. The van der Waals surface area contributed by atoms with Crippen molar-refractivity contribution in [3.05, 3.63) is 76.4 Å². The predicted molar refractivity (Wildman–Crippen MR) is 115 cm³/mol. The number of furan rings is 1. The standard InChI is InChI=1S/C23H22N2O5S/c1-15-6-8-16(9-7-15)25-21(27)12-18(22(25)19-5-3-11-31-19)23(28)30-14-20(26)24-13-17-4-2-10-29-17/h2-11,18,22H,12-14H2,1H3,(H,24,26)/t18-,22+/m1/s1. The second kappa shape index (κ2) is 9.18. The number of amides is 2. The summed E-state index contributed by atoms with van der Waals surface area (Å²) in [7, 11) is 0. The summed E-state index contributed by atoms with van der Waals surface area (Å²) in [4.78, 5) is 40.4. The number of benzene rings is 1. The predicted octanol–water partition coefficient (Wildman–Crippen LogP) is 3.60. The lowest BCUT2D eigenvalue weighted by atomic mass is 9.99.